The molecule has 0 unspecified atom stereocenters. The van der Waals surface area contributed by atoms with Gasteiger partial charge in [-0.05, 0) is 33.0 Å². The van der Waals surface area contributed by atoms with E-state index in [1.807, 2.05) is 0 Å². The van der Waals surface area contributed by atoms with Crippen molar-refractivity contribution in [2.75, 3.05) is 26.2 Å². The summed E-state index contributed by atoms with van der Waals surface area (Å²) in [5.41, 5.74) is 0.437. The highest BCUT2D eigenvalue weighted by molar-refractivity contribution is 6.27. The van der Waals surface area contributed by atoms with Gasteiger partial charge in [0.1, 0.15) is 0 Å². The van der Waals surface area contributed by atoms with Crippen LogP contribution >= 0.6 is 0 Å². The van der Waals surface area contributed by atoms with Crippen LogP contribution in [0.25, 0.3) is 0 Å². The first-order valence-electron chi connectivity index (χ1n) is 6.88. The summed E-state index contributed by atoms with van der Waals surface area (Å²) in [6.45, 7) is 9.33. The van der Waals surface area contributed by atoms with Crippen molar-refractivity contribution in [2.45, 2.75) is 27.2 Å². The Morgan fingerprint density at radius 3 is 2.20 bits per heavy atom. The minimum absolute atomic E-state index is 0.437. The van der Waals surface area contributed by atoms with Crippen LogP contribution in [0, 0.1) is 5.92 Å². The predicted octanol–water partition coefficient (Wildman–Crippen LogP) is 0.161. The van der Waals surface area contributed by atoms with E-state index in [9.17, 15) is 14.4 Å². The molecule has 0 spiro atoms. The Balaban J connectivity index is 2.50. The SMILES string of the molecule is CCN(CC)CCCN=C(C)C1C(=O)NC(=O)NC1=O. The number of carbonyl (C=O) groups is 3. The van der Waals surface area contributed by atoms with Crippen molar-refractivity contribution >= 4 is 23.6 Å². The number of hydrogen-bond acceptors (Lipinski definition) is 5. The number of rotatable bonds is 7. The fraction of sp³-hybridized carbons (Fsp3) is 0.692. The summed E-state index contributed by atoms with van der Waals surface area (Å²) >= 11 is 0. The van der Waals surface area contributed by atoms with E-state index < -0.39 is 23.8 Å². The third kappa shape index (κ3) is 4.41. The van der Waals surface area contributed by atoms with Crippen LogP contribution in [0.4, 0.5) is 4.79 Å². The molecule has 1 aliphatic rings. The number of hydrogen-bond donors (Lipinski definition) is 2. The molecule has 1 saturated heterocycles. The Morgan fingerprint density at radius 1 is 1.15 bits per heavy atom. The number of barbiturate groups is 1. The van der Waals surface area contributed by atoms with Crippen LogP contribution in [0.15, 0.2) is 4.99 Å². The molecule has 0 aromatic rings. The molecule has 1 heterocycles. The highest BCUT2D eigenvalue weighted by Crippen LogP contribution is 2.05. The number of urea groups is 1. The van der Waals surface area contributed by atoms with Crippen LogP contribution in [0.3, 0.4) is 0 Å². The Hall–Kier alpha value is -1.76. The monoisotopic (exact) mass is 282 g/mol. The lowest BCUT2D eigenvalue weighted by molar-refractivity contribution is -0.132. The fourth-order valence-electron chi connectivity index (χ4n) is 2.08. The zero-order valence-electron chi connectivity index (χ0n) is 12.2. The second kappa shape index (κ2) is 7.74. The predicted molar refractivity (Wildman–Crippen MR) is 75.6 cm³/mol. The van der Waals surface area contributed by atoms with Gasteiger partial charge in [-0.1, -0.05) is 13.8 Å². The lowest BCUT2D eigenvalue weighted by Crippen LogP contribution is -2.57. The summed E-state index contributed by atoms with van der Waals surface area (Å²) in [6, 6.07) is -0.773. The average molecular weight is 282 g/mol. The number of aliphatic imine (C=N–C) groups is 1. The quantitative estimate of drug-likeness (QED) is 0.395. The summed E-state index contributed by atoms with van der Waals surface area (Å²) in [4.78, 5) is 40.7. The van der Waals surface area contributed by atoms with Gasteiger partial charge in [0.2, 0.25) is 11.8 Å². The number of nitrogens with one attached hydrogen (secondary N) is 2. The molecular weight excluding hydrogens is 260 g/mol. The molecular formula is C13H22N4O3. The van der Waals surface area contributed by atoms with E-state index in [1.54, 1.807) is 6.92 Å². The number of nitrogens with zero attached hydrogens (tertiary/aromatic N) is 2. The summed E-state index contributed by atoms with van der Waals surface area (Å²) < 4.78 is 0. The molecule has 2 N–H and O–H groups in total. The molecule has 0 aromatic carbocycles. The molecule has 1 rings (SSSR count). The molecule has 7 nitrogen and oxygen atoms in total. The highest BCUT2D eigenvalue weighted by atomic mass is 16.2. The minimum atomic E-state index is -0.999. The van der Waals surface area contributed by atoms with Crippen LogP contribution in [-0.4, -0.2) is 54.6 Å². The Morgan fingerprint density at radius 2 is 1.70 bits per heavy atom. The standard InChI is InChI=1S/C13H22N4O3/c1-4-17(5-2)8-6-7-14-9(3)10-11(18)15-13(20)16-12(10)19/h10H,4-8H2,1-3H3,(H2,15,16,18,19,20). The van der Waals surface area contributed by atoms with Crippen molar-refractivity contribution in [3.63, 3.8) is 0 Å². The smallest absolute Gasteiger partial charge is 0.304 e. The van der Waals surface area contributed by atoms with Gasteiger partial charge >= 0.3 is 6.03 Å². The van der Waals surface area contributed by atoms with Gasteiger partial charge in [0.25, 0.3) is 0 Å². The molecule has 0 saturated carbocycles. The summed E-state index contributed by atoms with van der Waals surface area (Å²) in [6.07, 6.45) is 0.869. The average Bonchev–Trinajstić information content (AvgIpc) is 2.37. The lowest BCUT2D eigenvalue weighted by atomic mass is 10.0. The third-order valence-electron chi connectivity index (χ3n) is 3.30. The fourth-order valence-corrected chi connectivity index (χ4v) is 2.08. The van der Waals surface area contributed by atoms with E-state index >= 15 is 0 Å². The van der Waals surface area contributed by atoms with Crippen molar-refractivity contribution in [1.82, 2.24) is 15.5 Å². The highest BCUT2D eigenvalue weighted by Gasteiger charge is 2.36. The number of carbonyl (C=O) groups excluding carboxylic acids is 3. The van der Waals surface area contributed by atoms with E-state index in [1.165, 1.54) is 0 Å². The molecule has 0 aliphatic carbocycles. The zero-order chi connectivity index (χ0) is 15.1. The van der Waals surface area contributed by atoms with Crippen LogP contribution in [0.5, 0.6) is 0 Å². The van der Waals surface area contributed by atoms with E-state index in [0.717, 1.165) is 26.1 Å². The molecule has 7 heteroatoms. The molecule has 0 aromatic heterocycles. The maximum Gasteiger partial charge on any atom is 0.328 e. The summed E-state index contributed by atoms with van der Waals surface area (Å²) in [7, 11) is 0. The maximum atomic E-state index is 11.6. The largest absolute Gasteiger partial charge is 0.328 e. The molecule has 20 heavy (non-hydrogen) atoms. The van der Waals surface area contributed by atoms with Crippen LogP contribution in [0.2, 0.25) is 0 Å². The summed E-state index contributed by atoms with van der Waals surface area (Å²) in [5, 5.41) is 4.14. The van der Waals surface area contributed by atoms with Gasteiger partial charge in [0.15, 0.2) is 5.92 Å². The van der Waals surface area contributed by atoms with Crippen LogP contribution < -0.4 is 10.6 Å². The normalized spacial score (nSPS) is 17.4. The van der Waals surface area contributed by atoms with Crippen molar-refractivity contribution in [2.24, 2.45) is 10.9 Å². The van der Waals surface area contributed by atoms with E-state index in [4.69, 9.17) is 0 Å². The molecule has 112 valence electrons. The summed E-state index contributed by atoms with van der Waals surface area (Å²) in [5.74, 6) is -2.21. The first kappa shape index (κ1) is 16.3. The van der Waals surface area contributed by atoms with Gasteiger partial charge < -0.3 is 4.90 Å². The van der Waals surface area contributed by atoms with Crippen LogP contribution in [0.1, 0.15) is 27.2 Å². The Kier molecular flexibility index (Phi) is 6.30. The first-order valence-corrected chi connectivity index (χ1v) is 6.88. The minimum Gasteiger partial charge on any atom is -0.304 e. The second-order valence-corrected chi connectivity index (χ2v) is 4.64. The number of amides is 4. The molecule has 0 atom stereocenters. The van der Waals surface area contributed by atoms with E-state index in [-0.39, 0.29) is 0 Å². The van der Waals surface area contributed by atoms with E-state index in [0.29, 0.717) is 12.3 Å². The van der Waals surface area contributed by atoms with E-state index in [2.05, 4.69) is 34.4 Å². The Labute approximate surface area is 118 Å². The van der Waals surface area contributed by atoms with Gasteiger partial charge in [-0.15, -0.1) is 0 Å². The van der Waals surface area contributed by atoms with Crippen molar-refractivity contribution in [3.8, 4) is 0 Å². The molecule has 4 amide bonds. The van der Waals surface area contributed by atoms with Gasteiger partial charge in [-0.25, -0.2) is 4.79 Å². The zero-order valence-corrected chi connectivity index (χ0v) is 12.2. The van der Waals surface area contributed by atoms with Gasteiger partial charge in [0, 0.05) is 12.3 Å². The molecule has 1 fully saturated rings. The van der Waals surface area contributed by atoms with Gasteiger partial charge in [-0.2, -0.15) is 0 Å². The van der Waals surface area contributed by atoms with Crippen molar-refractivity contribution in [1.29, 1.82) is 0 Å². The van der Waals surface area contributed by atoms with Gasteiger partial charge in [0.05, 0.1) is 0 Å². The first-order chi connectivity index (χ1) is 9.49. The molecule has 0 radical (unpaired) electrons. The molecule has 1 aliphatic heterocycles. The second-order valence-electron chi connectivity index (χ2n) is 4.64. The maximum absolute atomic E-state index is 11.6. The molecule has 0 bridgehead atoms. The van der Waals surface area contributed by atoms with Crippen LogP contribution in [-0.2, 0) is 9.59 Å². The Bertz CT molecular complexity index is 396. The number of imide groups is 2. The third-order valence-corrected chi connectivity index (χ3v) is 3.30. The lowest BCUT2D eigenvalue weighted by Gasteiger charge is -2.20. The topological polar surface area (TPSA) is 90.9 Å². The van der Waals surface area contributed by atoms with Gasteiger partial charge in [-0.3, -0.25) is 25.2 Å². The van der Waals surface area contributed by atoms with Crippen molar-refractivity contribution in [3.05, 3.63) is 0 Å². The van der Waals surface area contributed by atoms with Crippen molar-refractivity contribution < 1.29 is 14.4 Å².